The van der Waals surface area contributed by atoms with Crippen LogP contribution in [0.25, 0.3) is 0 Å². The van der Waals surface area contributed by atoms with Crippen molar-refractivity contribution in [1.82, 2.24) is 20.0 Å². The highest BCUT2D eigenvalue weighted by atomic mass is 16.3. The second kappa shape index (κ2) is 8.78. The van der Waals surface area contributed by atoms with E-state index in [-0.39, 0.29) is 30.2 Å². The Morgan fingerprint density at radius 1 is 0.938 bits per heavy atom. The molecule has 1 atom stereocenters. The SMILES string of the molecule is O=C1NCCN(C2Cc3ccccc3C2)[C@@H]1CC(=O)N1CCN(C(=O)c2ccco2)CC1. The highest BCUT2D eigenvalue weighted by molar-refractivity contribution is 5.92. The minimum absolute atomic E-state index is 0.0299. The van der Waals surface area contributed by atoms with E-state index < -0.39 is 6.04 Å². The van der Waals surface area contributed by atoms with Gasteiger partial charge in [0.25, 0.3) is 5.91 Å². The molecule has 1 aliphatic carbocycles. The van der Waals surface area contributed by atoms with Gasteiger partial charge in [-0.15, -0.1) is 0 Å². The molecule has 3 heterocycles. The van der Waals surface area contributed by atoms with E-state index in [4.69, 9.17) is 4.42 Å². The Labute approximate surface area is 187 Å². The molecule has 0 saturated carbocycles. The third-order valence-corrected chi connectivity index (χ3v) is 6.89. The number of fused-ring (bicyclic) bond motifs is 1. The molecule has 0 radical (unpaired) electrons. The van der Waals surface area contributed by atoms with Gasteiger partial charge >= 0.3 is 0 Å². The lowest BCUT2D eigenvalue weighted by molar-refractivity contribution is -0.140. The summed E-state index contributed by atoms with van der Waals surface area (Å²) in [6.07, 6.45) is 3.49. The summed E-state index contributed by atoms with van der Waals surface area (Å²) >= 11 is 0. The minimum atomic E-state index is -0.446. The van der Waals surface area contributed by atoms with Crippen molar-refractivity contribution in [3.05, 3.63) is 59.5 Å². The van der Waals surface area contributed by atoms with E-state index in [2.05, 4.69) is 34.5 Å². The summed E-state index contributed by atoms with van der Waals surface area (Å²) in [5.74, 6) is 0.0717. The lowest BCUT2D eigenvalue weighted by atomic mass is 10.0. The summed E-state index contributed by atoms with van der Waals surface area (Å²) < 4.78 is 5.20. The molecule has 0 unspecified atom stereocenters. The Morgan fingerprint density at radius 2 is 1.62 bits per heavy atom. The quantitative estimate of drug-likeness (QED) is 0.771. The molecule has 0 bridgehead atoms. The molecule has 2 aliphatic heterocycles. The van der Waals surface area contributed by atoms with Crippen LogP contribution >= 0.6 is 0 Å². The average Bonchev–Trinajstić information content (AvgIpc) is 3.50. The number of hydrogen-bond acceptors (Lipinski definition) is 5. The number of hydrogen-bond donors (Lipinski definition) is 1. The van der Waals surface area contributed by atoms with Gasteiger partial charge in [-0.05, 0) is 36.1 Å². The predicted molar refractivity (Wildman–Crippen MR) is 117 cm³/mol. The van der Waals surface area contributed by atoms with E-state index >= 15 is 0 Å². The number of nitrogens with one attached hydrogen (secondary N) is 1. The fraction of sp³-hybridized carbons (Fsp3) is 0.458. The van der Waals surface area contributed by atoms with Gasteiger partial charge in [0.05, 0.1) is 18.7 Å². The van der Waals surface area contributed by atoms with Crippen molar-refractivity contribution in [2.24, 2.45) is 0 Å². The molecule has 168 valence electrons. The number of furan rings is 1. The highest BCUT2D eigenvalue weighted by Crippen LogP contribution is 2.28. The lowest BCUT2D eigenvalue weighted by Crippen LogP contribution is -2.60. The molecule has 5 rings (SSSR count). The molecule has 0 spiro atoms. The maximum Gasteiger partial charge on any atom is 0.289 e. The maximum atomic E-state index is 13.1. The summed E-state index contributed by atoms with van der Waals surface area (Å²) in [4.78, 5) is 44.0. The Bertz CT molecular complexity index is 972. The van der Waals surface area contributed by atoms with E-state index in [1.54, 1.807) is 21.9 Å². The van der Waals surface area contributed by atoms with E-state index in [0.29, 0.717) is 38.5 Å². The molecular formula is C24H28N4O4. The first-order chi connectivity index (χ1) is 15.6. The van der Waals surface area contributed by atoms with Crippen LogP contribution in [0.3, 0.4) is 0 Å². The number of piperazine rings is 2. The molecule has 8 heteroatoms. The van der Waals surface area contributed by atoms with Crippen LogP contribution < -0.4 is 5.32 Å². The standard InChI is InChI=1S/C24H28N4O4/c29-22(26-9-11-27(12-10-26)24(31)21-6-3-13-32-21)16-20-23(30)25-7-8-28(20)19-14-17-4-1-2-5-18(17)15-19/h1-6,13,19-20H,7-12,14-16H2,(H,25,30)/t20-/m1/s1. The number of nitrogens with zero attached hydrogens (tertiary/aromatic N) is 3. The van der Waals surface area contributed by atoms with Gasteiger partial charge in [0.1, 0.15) is 0 Å². The monoisotopic (exact) mass is 436 g/mol. The van der Waals surface area contributed by atoms with Gasteiger partial charge in [0, 0.05) is 45.3 Å². The van der Waals surface area contributed by atoms with Crippen molar-refractivity contribution < 1.29 is 18.8 Å². The van der Waals surface area contributed by atoms with E-state index in [9.17, 15) is 14.4 Å². The van der Waals surface area contributed by atoms with Crippen molar-refractivity contribution in [2.45, 2.75) is 31.3 Å². The minimum Gasteiger partial charge on any atom is -0.459 e. The average molecular weight is 437 g/mol. The van der Waals surface area contributed by atoms with Crippen molar-refractivity contribution in [3.63, 3.8) is 0 Å². The van der Waals surface area contributed by atoms with Gasteiger partial charge in [-0.1, -0.05) is 24.3 Å². The third kappa shape index (κ3) is 4.02. The molecule has 2 saturated heterocycles. The van der Waals surface area contributed by atoms with Crippen molar-refractivity contribution in [1.29, 1.82) is 0 Å². The van der Waals surface area contributed by atoms with Gasteiger partial charge in [-0.25, -0.2) is 0 Å². The van der Waals surface area contributed by atoms with Crippen LogP contribution in [0.15, 0.2) is 47.1 Å². The van der Waals surface area contributed by atoms with Crippen LogP contribution in [0.1, 0.15) is 28.1 Å². The molecular weight excluding hydrogens is 408 g/mol. The number of carbonyl (C=O) groups is 3. The summed E-state index contributed by atoms with van der Waals surface area (Å²) in [7, 11) is 0. The Hall–Kier alpha value is -3.13. The van der Waals surface area contributed by atoms with Crippen molar-refractivity contribution >= 4 is 17.7 Å². The van der Waals surface area contributed by atoms with E-state index in [0.717, 1.165) is 19.4 Å². The van der Waals surface area contributed by atoms with Crippen LogP contribution in [0, 0.1) is 0 Å². The summed E-state index contributed by atoms with van der Waals surface area (Å²) in [5.41, 5.74) is 2.68. The van der Waals surface area contributed by atoms with Gasteiger partial charge < -0.3 is 19.5 Å². The van der Waals surface area contributed by atoms with Gasteiger partial charge in [0.2, 0.25) is 11.8 Å². The fourth-order valence-corrected chi connectivity index (χ4v) is 5.16. The third-order valence-electron chi connectivity index (χ3n) is 6.89. The summed E-state index contributed by atoms with van der Waals surface area (Å²) in [5, 5.41) is 2.94. The van der Waals surface area contributed by atoms with Gasteiger partial charge in [0.15, 0.2) is 5.76 Å². The second-order valence-corrected chi connectivity index (χ2v) is 8.73. The number of benzene rings is 1. The zero-order valence-electron chi connectivity index (χ0n) is 18.0. The molecule has 1 aromatic carbocycles. The van der Waals surface area contributed by atoms with E-state index in [1.807, 2.05) is 0 Å². The lowest BCUT2D eigenvalue weighted by Gasteiger charge is -2.40. The van der Waals surface area contributed by atoms with Crippen LogP contribution in [0.5, 0.6) is 0 Å². The van der Waals surface area contributed by atoms with Gasteiger partial charge in [-0.3, -0.25) is 19.3 Å². The molecule has 2 fully saturated rings. The largest absolute Gasteiger partial charge is 0.459 e. The first kappa shape index (κ1) is 20.8. The van der Waals surface area contributed by atoms with Crippen molar-refractivity contribution in [2.75, 3.05) is 39.3 Å². The molecule has 3 aliphatic rings. The zero-order chi connectivity index (χ0) is 22.1. The van der Waals surface area contributed by atoms with Crippen LogP contribution in [-0.4, -0.2) is 83.8 Å². The first-order valence-electron chi connectivity index (χ1n) is 11.3. The first-order valence-corrected chi connectivity index (χ1v) is 11.3. The molecule has 1 N–H and O–H groups in total. The summed E-state index contributed by atoms with van der Waals surface area (Å²) in [6.45, 7) is 3.23. The fourth-order valence-electron chi connectivity index (χ4n) is 5.16. The van der Waals surface area contributed by atoms with Gasteiger partial charge in [-0.2, -0.15) is 0 Å². The van der Waals surface area contributed by atoms with E-state index in [1.165, 1.54) is 17.4 Å². The zero-order valence-corrected chi connectivity index (χ0v) is 18.0. The highest BCUT2D eigenvalue weighted by Gasteiger charge is 2.39. The van der Waals surface area contributed by atoms with Crippen LogP contribution in [-0.2, 0) is 22.4 Å². The van der Waals surface area contributed by atoms with Crippen LogP contribution in [0.4, 0.5) is 0 Å². The number of carbonyl (C=O) groups excluding carboxylic acids is 3. The Morgan fingerprint density at radius 3 is 2.28 bits per heavy atom. The smallest absolute Gasteiger partial charge is 0.289 e. The molecule has 32 heavy (non-hydrogen) atoms. The number of amides is 3. The summed E-state index contributed by atoms with van der Waals surface area (Å²) in [6, 6.07) is 11.6. The topological polar surface area (TPSA) is 86.1 Å². The molecule has 3 amide bonds. The predicted octanol–water partition coefficient (Wildman–Crippen LogP) is 0.922. The van der Waals surface area contributed by atoms with Crippen molar-refractivity contribution in [3.8, 4) is 0 Å². The maximum absolute atomic E-state index is 13.1. The Balaban J connectivity index is 1.20. The molecule has 8 nitrogen and oxygen atoms in total. The number of rotatable bonds is 4. The normalized spacial score (nSPS) is 22.0. The molecule has 1 aromatic heterocycles. The second-order valence-electron chi connectivity index (χ2n) is 8.73. The molecule has 2 aromatic rings. The van der Waals surface area contributed by atoms with Crippen LogP contribution in [0.2, 0.25) is 0 Å². The Kier molecular flexibility index (Phi) is 5.70.